The predicted molar refractivity (Wildman–Crippen MR) is 130 cm³/mol. The molecule has 2 fully saturated rings. The molecule has 188 valence electrons. The summed E-state index contributed by atoms with van der Waals surface area (Å²) in [4.78, 5) is 49.2. The van der Waals surface area contributed by atoms with Gasteiger partial charge < -0.3 is 14.7 Å². The second-order valence-corrected chi connectivity index (χ2v) is 9.49. The summed E-state index contributed by atoms with van der Waals surface area (Å²) in [5, 5.41) is 11.1. The Morgan fingerprint density at radius 2 is 1.89 bits per heavy atom. The third-order valence-corrected chi connectivity index (χ3v) is 5.68. The molecule has 1 atom stereocenters. The van der Waals surface area contributed by atoms with Gasteiger partial charge >= 0.3 is 11.8 Å². The minimum atomic E-state index is -0.718. The highest BCUT2D eigenvalue weighted by atomic mass is 16.6. The number of benzene rings is 1. The molecule has 2 aliphatic rings. The summed E-state index contributed by atoms with van der Waals surface area (Å²) in [7, 11) is 1.61. The maximum Gasteiger partial charge on any atom is 0.410 e. The SMILES string of the molecule is CC(C)(C)OC(=O)N1CCCC1.Cn1c(=O)n(C2CCC(=O)NC2=O)c2cccc(C#CCO)c21. The monoisotopic (exact) mass is 484 g/mol. The molecule has 2 aromatic rings. The summed E-state index contributed by atoms with van der Waals surface area (Å²) >= 11 is 0. The van der Waals surface area contributed by atoms with Gasteiger partial charge in [0.15, 0.2) is 0 Å². The number of amides is 3. The van der Waals surface area contributed by atoms with Gasteiger partial charge in [-0.2, -0.15) is 0 Å². The number of aryl methyl sites for hydroxylation is 1. The third-order valence-electron chi connectivity index (χ3n) is 5.68. The van der Waals surface area contributed by atoms with Crippen LogP contribution >= 0.6 is 0 Å². The van der Waals surface area contributed by atoms with Crippen LogP contribution in [0.3, 0.4) is 0 Å². The maximum absolute atomic E-state index is 12.6. The first-order valence-electron chi connectivity index (χ1n) is 11.6. The Hall–Kier alpha value is -3.58. The molecule has 0 radical (unpaired) electrons. The lowest BCUT2D eigenvalue weighted by Crippen LogP contribution is -2.44. The molecule has 10 heteroatoms. The molecule has 2 saturated heterocycles. The van der Waals surface area contributed by atoms with Gasteiger partial charge in [0.1, 0.15) is 18.2 Å². The Labute approximate surface area is 203 Å². The van der Waals surface area contributed by atoms with Gasteiger partial charge in [-0.25, -0.2) is 9.59 Å². The number of fused-ring (bicyclic) bond motifs is 1. The number of imidazole rings is 1. The second kappa shape index (κ2) is 10.8. The molecule has 4 rings (SSSR count). The lowest BCUT2D eigenvalue weighted by atomic mass is 10.1. The van der Waals surface area contributed by atoms with E-state index >= 15 is 0 Å². The van der Waals surface area contributed by atoms with Crippen molar-refractivity contribution in [2.45, 2.75) is 58.1 Å². The average Bonchev–Trinajstić information content (AvgIpc) is 3.41. The van der Waals surface area contributed by atoms with E-state index in [2.05, 4.69) is 17.2 Å². The summed E-state index contributed by atoms with van der Waals surface area (Å²) in [5.41, 5.74) is 1.08. The summed E-state index contributed by atoms with van der Waals surface area (Å²) in [6, 6.07) is 4.51. The van der Waals surface area contributed by atoms with Crippen LogP contribution < -0.4 is 11.0 Å². The number of aliphatic hydroxyl groups excluding tert-OH is 1. The number of piperidine rings is 1. The molecular formula is C25H32N4O6. The first-order valence-corrected chi connectivity index (χ1v) is 11.6. The quantitative estimate of drug-likeness (QED) is 0.469. The molecule has 3 heterocycles. The number of aliphatic hydroxyl groups is 1. The van der Waals surface area contributed by atoms with Crippen LogP contribution in [-0.4, -0.2) is 62.3 Å². The fraction of sp³-hybridized carbons (Fsp3) is 0.520. The first kappa shape index (κ1) is 26.0. The number of aromatic nitrogens is 2. The number of nitrogens with one attached hydrogen (secondary N) is 1. The second-order valence-electron chi connectivity index (χ2n) is 9.49. The van der Waals surface area contributed by atoms with Crippen molar-refractivity contribution < 1.29 is 24.2 Å². The molecule has 0 saturated carbocycles. The van der Waals surface area contributed by atoms with Crippen LogP contribution in [-0.2, 0) is 21.4 Å². The van der Waals surface area contributed by atoms with Crippen LogP contribution in [0.15, 0.2) is 23.0 Å². The molecule has 0 aliphatic carbocycles. The van der Waals surface area contributed by atoms with Crippen molar-refractivity contribution in [1.82, 2.24) is 19.4 Å². The van der Waals surface area contributed by atoms with E-state index in [-0.39, 0.29) is 42.7 Å². The number of hydrogen-bond acceptors (Lipinski definition) is 6. The number of carbonyl (C=O) groups excluding carboxylic acids is 3. The van der Waals surface area contributed by atoms with Gasteiger partial charge in [0, 0.05) is 26.6 Å². The van der Waals surface area contributed by atoms with E-state index in [0.29, 0.717) is 16.6 Å². The van der Waals surface area contributed by atoms with Gasteiger partial charge in [0.05, 0.1) is 16.6 Å². The van der Waals surface area contributed by atoms with Gasteiger partial charge in [-0.1, -0.05) is 17.9 Å². The van der Waals surface area contributed by atoms with E-state index in [1.807, 2.05) is 20.8 Å². The fourth-order valence-electron chi connectivity index (χ4n) is 4.13. The highest BCUT2D eigenvalue weighted by molar-refractivity contribution is 6.00. The number of carbonyl (C=O) groups is 3. The fourth-order valence-corrected chi connectivity index (χ4v) is 4.13. The van der Waals surface area contributed by atoms with Crippen LogP contribution in [0.1, 0.15) is 58.1 Å². The van der Waals surface area contributed by atoms with E-state index < -0.39 is 11.9 Å². The minimum absolute atomic E-state index is 0.167. The van der Waals surface area contributed by atoms with Crippen molar-refractivity contribution >= 4 is 28.9 Å². The van der Waals surface area contributed by atoms with Crippen LogP contribution in [0.5, 0.6) is 0 Å². The molecule has 3 amide bonds. The lowest BCUT2D eigenvalue weighted by Gasteiger charge is -2.23. The molecule has 1 unspecified atom stereocenters. The molecule has 10 nitrogen and oxygen atoms in total. The topological polar surface area (TPSA) is 123 Å². The normalized spacial score (nSPS) is 17.9. The number of likely N-dealkylation sites (tertiary alicyclic amines) is 1. The third kappa shape index (κ3) is 6.11. The average molecular weight is 485 g/mol. The molecule has 1 aromatic carbocycles. The highest BCUT2D eigenvalue weighted by Gasteiger charge is 2.31. The first-order chi connectivity index (χ1) is 16.5. The van der Waals surface area contributed by atoms with E-state index in [9.17, 15) is 19.2 Å². The number of rotatable bonds is 1. The van der Waals surface area contributed by atoms with E-state index in [4.69, 9.17) is 9.84 Å². The summed E-state index contributed by atoms with van der Waals surface area (Å²) in [5.74, 6) is 4.58. The van der Waals surface area contributed by atoms with Gasteiger partial charge in [-0.3, -0.25) is 24.0 Å². The van der Waals surface area contributed by atoms with Crippen molar-refractivity contribution in [3.8, 4) is 11.8 Å². The Bertz CT molecular complexity index is 1230. The predicted octanol–water partition coefficient (Wildman–Crippen LogP) is 1.68. The van der Waals surface area contributed by atoms with Crippen LogP contribution in [0, 0.1) is 11.8 Å². The van der Waals surface area contributed by atoms with E-state index in [1.165, 1.54) is 9.13 Å². The van der Waals surface area contributed by atoms with E-state index in [1.54, 1.807) is 30.1 Å². The van der Waals surface area contributed by atoms with Crippen molar-refractivity contribution in [1.29, 1.82) is 0 Å². The molecule has 0 bridgehead atoms. The zero-order chi connectivity index (χ0) is 25.8. The van der Waals surface area contributed by atoms with Gasteiger partial charge in [0.2, 0.25) is 11.8 Å². The number of imide groups is 1. The van der Waals surface area contributed by atoms with Gasteiger partial charge in [0.25, 0.3) is 0 Å². The van der Waals surface area contributed by atoms with Crippen LogP contribution in [0.25, 0.3) is 11.0 Å². The lowest BCUT2D eigenvalue weighted by molar-refractivity contribution is -0.135. The zero-order valence-corrected chi connectivity index (χ0v) is 20.6. The largest absolute Gasteiger partial charge is 0.444 e. The Balaban J connectivity index is 0.000000241. The molecule has 2 aliphatic heterocycles. The molecule has 35 heavy (non-hydrogen) atoms. The van der Waals surface area contributed by atoms with E-state index in [0.717, 1.165) is 25.9 Å². The summed E-state index contributed by atoms with van der Waals surface area (Å²) < 4.78 is 8.04. The zero-order valence-electron chi connectivity index (χ0n) is 20.6. The molecule has 0 spiro atoms. The Morgan fingerprint density at radius 3 is 2.49 bits per heavy atom. The molecule has 2 N–H and O–H groups in total. The van der Waals surface area contributed by atoms with Crippen molar-refractivity contribution in [2.24, 2.45) is 7.05 Å². The highest BCUT2D eigenvalue weighted by Crippen LogP contribution is 2.24. The summed E-state index contributed by atoms with van der Waals surface area (Å²) in [6.07, 6.45) is 2.54. The van der Waals surface area contributed by atoms with Crippen LogP contribution in [0.4, 0.5) is 4.79 Å². The summed E-state index contributed by atoms with van der Waals surface area (Å²) in [6.45, 7) is 7.10. The Morgan fingerprint density at radius 1 is 1.20 bits per heavy atom. The minimum Gasteiger partial charge on any atom is -0.444 e. The van der Waals surface area contributed by atoms with Crippen molar-refractivity contribution in [3.05, 3.63) is 34.2 Å². The Kier molecular flexibility index (Phi) is 8.02. The van der Waals surface area contributed by atoms with Crippen molar-refractivity contribution in [3.63, 3.8) is 0 Å². The number of hydrogen-bond donors (Lipinski definition) is 2. The molecule has 1 aromatic heterocycles. The number of nitrogens with zero attached hydrogens (tertiary/aromatic N) is 3. The van der Waals surface area contributed by atoms with Gasteiger partial charge in [-0.15, -0.1) is 0 Å². The number of ether oxygens (including phenoxy) is 1. The van der Waals surface area contributed by atoms with Gasteiger partial charge in [-0.05, 0) is 52.2 Å². The smallest absolute Gasteiger partial charge is 0.410 e. The molecular weight excluding hydrogens is 452 g/mol. The maximum atomic E-state index is 12.6. The standard InChI is InChI=1S/C16H15N3O4.C9H17NO2/c1-18-14-10(5-3-9-20)4-2-6-11(14)19(16(18)23)12-7-8-13(21)17-15(12)22;1-9(2,3)12-8(11)10-6-4-5-7-10/h2,4,6,12,20H,7-9H2,1H3,(H,17,21,22);4-7H2,1-3H3. The number of para-hydroxylation sites is 1. The van der Waals surface area contributed by atoms with Crippen LogP contribution in [0.2, 0.25) is 0 Å². The van der Waals surface area contributed by atoms with Crippen molar-refractivity contribution in [2.75, 3.05) is 19.7 Å².